The van der Waals surface area contributed by atoms with Gasteiger partial charge in [-0.05, 0) is 84.5 Å². The van der Waals surface area contributed by atoms with Crippen molar-refractivity contribution >= 4 is 27.3 Å². The summed E-state index contributed by atoms with van der Waals surface area (Å²) in [6, 6.07) is 21.9. The van der Waals surface area contributed by atoms with Gasteiger partial charge in [-0.25, -0.2) is 13.4 Å². The number of carbonyl (C=O) groups excluding carboxylic acids is 1. The van der Waals surface area contributed by atoms with Gasteiger partial charge in [0.1, 0.15) is 11.5 Å². The first-order chi connectivity index (χ1) is 18.6. The van der Waals surface area contributed by atoms with Gasteiger partial charge in [-0.15, -0.1) is 0 Å². The molecular formula is C29H25ClN4O4S. The van der Waals surface area contributed by atoms with E-state index in [9.17, 15) is 13.2 Å². The highest BCUT2D eigenvalue weighted by Gasteiger charge is 2.23. The summed E-state index contributed by atoms with van der Waals surface area (Å²) >= 11 is 5.87. The van der Waals surface area contributed by atoms with Crippen molar-refractivity contribution in [2.24, 2.45) is 0 Å². The van der Waals surface area contributed by atoms with Crippen LogP contribution in [0.4, 0.5) is 0 Å². The molecule has 0 aliphatic carbocycles. The number of rotatable bonds is 9. The molecule has 1 amide bonds. The van der Waals surface area contributed by atoms with E-state index in [0.29, 0.717) is 22.8 Å². The number of amides is 1. The first-order valence-electron chi connectivity index (χ1n) is 12.0. The van der Waals surface area contributed by atoms with Crippen LogP contribution in [0.15, 0.2) is 78.1 Å². The molecule has 8 nitrogen and oxygen atoms in total. The Balaban J connectivity index is 1.43. The van der Waals surface area contributed by atoms with Crippen LogP contribution in [-0.4, -0.2) is 36.6 Å². The van der Waals surface area contributed by atoms with Gasteiger partial charge in [-0.2, -0.15) is 10.2 Å². The van der Waals surface area contributed by atoms with Gasteiger partial charge in [0.25, 0.3) is 5.16 Å². The number of ether oxygens (including phenoxy) is 1. The Hall–Kier alpha value is -4.26. The first-order valence-corrected chi connectivity index (χ1v) is 14.0. The van der Waals surface area contributed by atoms with Crippen molar-refractivity contribution in [2.45, 2.75) is 25.4 Å². The smallest absolute Gasteiger partial charge is 0.250 e. The minimum Gasteiger partial charge on any atom is -0.438 e. The molecule has 4 aromatic rings. The molecule has 0 aliphatic heterocycles. The van der Waals surface area contributed by atoms with E-state index in [-0.39, 0.29) is 12.4 Å². The van der Waals surface area contributed by atoms with Crippen molar-refractivity contribution in [2.75, 3.05) is 12.3 Å². The maximum Gasteiger partial charge on any atom is 0.250 e. The standard InChI is InChI=1S/C29H25ClN4O4S/c1-19-15-24(23-7-3-22(17-31)4-8-23)16-20(2)28(19)38-27-12-14-33-29(34-27)39(36,37)18-26(35)32-13-11-21-5-9-25(30)10-6-21/h3-10,12,14-16H,11,13,18H2,1-2H3,(H,32,35). The fraction of sp³-hybridized carbons (Fsp3) is 0.172. The Kier molecular flexibility index (Phi) is 8.59. The Morgan fingerprint density at radius 1 is 1.00 bits per heavy atom. The van der Waals surface area contributed by atoms with Crippen LogP contribution in [0.5, 0.6) is 11.6 Å². The molecule has 1 N–H and O–H groups in total. The lowest BCUT2D eigenvalue weighted by Crippen LogP contribution is -2.32. The number of halogens is 1. The quantitative estimate of drug-likeness (QED) is 0.279. The molecule has 1 heterocycles. The zero-order chi connectivity index (χ0) is 28.0. The maximum atomic E-state index is 12.8. The summed E-state index contributed by atoms with van der Waals surface area (Å²) in [5.74, 6) is -0.851. The van der Waals surface area contributed by atoms with Crippen molar-refractivity contribution in [1.29, 1.82) is 5.26 Å². The average Bonchev–Trinajstić information content (AvgIpc) is 2.91. The fourth-order valence-electron chi connectivity index (χ4n) is 3.94. The van der Waals surface area contributed by atoms with Crippen molar-refractivity contribution in [1.82, 2.24) is 15.3 Å². The van der Waals surface area contributed by atoms with Gasteiger partial charge in [-0.3, -0.25) is 4.79 Å². The van der Waals surface area contributed by atoms with Gasteiger partial charge in [0, 0.05) is 23.8 Å². The van der Waals surface area contributed by atoms with Crippen LogP contribution < -0.4 is 10.1 Å². The van der Waals surface area contributed by atoms with Crippen molar-refractivity contribution in [3.05, 3.63) is 100 Å². The maximum absolute atomic E-state index is 12.8. The summed E-state index contributed by atoms with van der Waals surface area (Å²) in [6.07, 6.45) is 1.81. The van der Waals surface area contributed by atoms with Crippen molar-refractivity contribution < 1.29 is 17.9 Å². The number of hydrogen-bond acceptors (Lipinski definition) is 7. The van der Waals surface area contributed by atoms with Crippen LogP contribution in [0.3, 0.4) is 0 Å². The Morgan fingerprint density at radius 2 is 1.67 bits per heavy atom. The zero-order valence-electron chi connectivity index (χ0n) is 21.3. The number of benzene rings is 3. The van der Waals surface area contributed by atoms with E-state index >= 15 is 0 Å². The van der Waals surface area contributed by atoms with Crippen LogP contribution in [0.25, 0.3) is 11.1 Å². The van der Waals surface area contributed by atoms with E-state index in [1.54, 1.807) is 24.3 Å². The molecule has 0 fully saturated rings. The molecule has 39 heavy (non-hydrogen) atoms. The van der Waals surface area contributed by atoms with Crippen LogP contribution in [-0.2, 0) is 21.1 Å². The highest BCUT2D eigenvalue weighted by molar-refractivity contribution is 7.91. The second-order valence-corrected chi connectivity index (χ2v) is 11.2. The van der Waals surface area contributed by atoms with Gasteiger partial charge in [0.2, 0.25) is 21.6 Å². The predicted molar refractivity (Wildman–Crippen MR) is 148 cm³/mol. The normalized spacial score (nSPS) is 11.0. The molecule has 4 rings (SSSR count). The zero-order valence-corrected chi connectivity index (χ0v) is 22.9. The van der Waals surface area contributed by atoms with E-state index < -0.39 is 26.7 Å². The molecule has 3 aromatic carbocycles. The Bertz CT molecular complexity index is 1630. The van der Waals surface area contributed by atoms with E-state index in [2.05, 4.69) is 21.4 Å². The monoisotopic (exact) mass is 560 g/mol. The van der Waals surface area contributed by atoms with Gasteiger partial charge < -0.3 is 10.1 Å². The molecule has 0 saturated heterocycles. The number of aromatic nitrogens is 2. The van der Waals surface area contributed by atoms with Crippen molar-refractivity contribution in [3.63, 3.8) is 0 Å². The molecule has 0 aliphatic rings. The lowest BCUT2D eigenvalue weighted by Gasteiger charge is -2.14. The number of carbonyl (C=O) groups is 1. The summed E-state index contributed by atoms with van der Waals surface area (Å²) in [7, 11) is -4.10. The number of nitrogens with one attached hydrogen (secondary N) is 1. The topological polar surface area (TPSA) is 122 Å². The van der Waals surface area contributed by atoms with Gasteiger partial charge in [0.05, 0.1) is 11.6 Å². The second-order valence-electron chi connectivity index (χ2n) is 8.89. The third kappa shape index (κ3) is 7.19. The van der Waals surface area contributed by atoms with Gasteiger partial charge in [-0.1, -0.05) is 35.9 Å². The van der Waals surface area contributed by atoms with Crippen LogP contribution in [0, 0.1) is 25.2 Å². The molecular weight excluding hydrogens is 536 g/mol. The molecule has 0 bridgehead atoms. The lowest BCUT2D eigenvalue weighted by molar-refractivity contribution is -0.118. The van der Waals surface area contributed by atoms with Crippen LogP contribution in [0.1, 0.15) is 22.3 Å². The molecule has 10 heteroatoms. The van der Waals surface area contributed by atoms with E-state index in [1.165, 1.54) is 12.3 Å². The number of nitrogens with zero attached hydrogens (tertiary/aromatic N) is 3. The van der Waals surface area contributed by atoms with Gasteiger partial charge in [0.15, 0.2) is 0 Å². The summed E-state index contributed by atoms with van der Waals surface area (Å²) in [5.41, 5.74) is 5.08. The molecule has 0 atom stereocenters. The van der Waals surface area contributed by atoms with E-state index in [4.69, 9.17) is 21.6 Å². The number of aryl methyl sites for hydroxylation is 2. The highest BCUT2D eigenvalue weighted by Crippen LogP contribution is 2.33. The minimum absolute atomic E-state index is 0.0454. The Labute approximate surface area is 232 Å². The molecule has 198 valence electrons. The molecule has 0 radical (unpaired) electrons. The average molecular weight is 561 g/mol. The van der Waals surface area contributed by atoms with Crippen molar-refractivity contribution in [3.8, 4) is 28.8 Å². The van der Waals surface area contributed by atoms with Crippen LogP contribution >= 0.6 is 11.6 Å². The molecule has 0 unspecified atom stereocenters. The SMILES string of the molecule is Cc1cc(-c2ccc(C#N)cc2)cc(C)c1Oc1ccnc(S(=O)(=O)CC(=O)NCCc2ccc(Cl)cc2)n1. The molecule has 0 saturated carbocycles. The lowest BCUT2D eigenvalue weighted by atomic mass is 9.99. The Morgan fingerprint density at radius 3 is 2.31 bits per heavy atom. The highest BCUT2D eigenvalue weighted by atomic mass is 35.5. The summed E-state index contributed by atoms with van der Waals surface area (Å²) in [5, 5.41) is 11.8. The first kappa shape index (κ1) is 27.8. The summed E-state index contributed by atoms with van der Waals surface area (Å²) < 4.78 is 31.6. The molecule has 0 spiro atoms. The van der Waals surface area contributed by atoms with Gasteiger partial charge >= 0.3 is 0 Å². The number of nitriles is 1. The third-order valence-electron chi connectivity index (χ3n) is 5.87. The van der Waals surface area contributed by atoms with E-state index in [0.717, 1.165) is 27.8 Å². The summed E-state index contributed by atoms with van der Waals surface area (Å²) in [6.45, 7) is 4.03. The predicted octanol–water partition coefficient (Wildman–Crippen LogP) is 5.21. The number of sulfone groups is 1. The largest absolute Gasteiger partial charge is 0.438 e. The fourth-order valence-corrected chi connectivity index (χ4v) is 5.09. The van der Waals surface area contributed by atoms with E-state index in [1.807, 2.05) is 50.2 Å². The minimum atomic E-state index is -4.10. The summed E-state index contributed by atoms with van der Waals surface area (Å²) in [4.78, 5) is 20.2. The second kappa shape index (κ2) is 12.1. The third-order valence-corrected chi connectivity index (χ3v) is 7.52. The molecule has 1 aromatic heterocycles. The number of hydrogen-bond donors (Lipinski definition) is 1. The van der Waals surface area contributed by atoms with Crippen LogP contribution in [0.2, 0.25) is 5.02 Å².